The first kappa shape index (κ1) is 11.5. The van der Waals surface area contributed by atoms with Crippen molar-refractivity contribution in [3.8, 4) is 0 Å². The zero-order valence-corrected chi connectivity index (χ0v) is 11.3. The van der Waals surface area contributed by atoms with Crippen LogP contribution in [0, 0.1) is 5.92 Å². The van der Waals surface area contributed by atoms with E-state index in [4.69, 9.17) is 0 Å². The van der Waals surface area contributed by atoms with Crippen molar-refractivity contribution in [3.05, 3.63) is 48.0 Å². The Morgan fingerprint density at radius 2 is 1.74 bits per heavy atom. The van der Waals surface area contributed by atoms with Crippen LogP contribution in [0.4, 0.5) is 0 Å². The van der Waals surface area contributed by atoms with Gasteiger partial charge in [0.05, 0.1) is 0 Å². The molecule has 2 fully saturated rings. The molecule has 2 aromatic rings. The van der Waals surface area contributed by atoms with E-state index in [1.807, 2.05) is 0 Å². The Labute approximate surface area is 115 Å². The quantitative estimate of drug-likeness (QED) is 0.805. The van der Waals surface area contributed by atoms with Gasteiger partial charge in [-0.3, -0.25) is 0 Å². The maximum absolute atomic E-state index is 3.76. The van der Waals surface area contributed by atoms with Crippen molar-refractivity contribution in [2.24, 2.45) is 5.92 Å². The molecule has 0 spiro atoms. The normalized spacial score (nSPS) is 30.4. The Morgan fingerprint density at radius 3 is 2.68 bits per heavy atom. The van der Waals surface area contributed by atoms with Gasteiger partial charge in [-0.15, -0.1) is 0 Å². The second-order valence-corrected chi connectivity index (χ2v) is 6.18. The van der Waals surface area contributed by atoms with Crippen LogP contribution in [-0.2, 0) is 0 Å². The molecule has 1 heterocycles. The molecule has 1 aliphatic carbocycles. The SMILES string of the molecule is c1ccc2cc([C@@H]3CN[C@@H]4CCCC[C@H]43)ccc2c1. The number of hydrogen-bond acceptors (Lipinski definition) is 1. The minimum atomic E-state index is 0.731. The van der Waals surface area contributed by atoms with Crippen LogP contribution in [-0.4, -0.2) is 12.6 Å². The van der Waals surface area contributed by atoms with Crippen molar-refractivity contribution in [1.29, 1.82) is 0 Å². The number of nitrogens with one attached hydrogen (secondary N) is 1. The molecular formula is C18H21N. The van der Waals surface area contributed by atoms with Gasteiger partial charge in [-0.2, -0.15) is 0 Å². The van der Waals surface area contributed by atoms with Crippen LogP contribution in [0.3, 0.4) is 0 Å². The summed E-state index contributed by atoms with van der Waals surface area (Å²) in [5.41, 5.74) is 1.54. The summed E-state index contributed by atoms with van der Waals surface area (Å²) >= 11 is 0. The summed E-state index contributed by atoms with van der Waals surface area (Å²) < 4.78 is 0. The number of benzene rings is 2. The maximum Gasteiger partial charge on any atom is 0.0102 e. The first-order chi connectivity index (χ1) is 9.42. The van der Waals surface area contributed by atoms with Crippen molar-refractivity contribution in [2.45, 2.75) is 37.6 Å². The molecule has 2 aromatic carbocycles. The smallest absolute Gasteiger partial charge is 0.0102 e. The monoisotopic (exact) mass is 251 g/mol. The van der Waals surface area contributed by atoms with Crippen LogP contribution in [0.2, 0.25) is 0 Å². The zero-order valence-electron chi connectivity index (χ0n) is 11.3. The highest BCUT2D eigenvalue weighted by Crippen LogP contribution is 2.40. The maximum atomic E-state index is 3.76. The highest BCUT2D eigenvalue weighted by molar-refractivity contribution is 5.83. The molecule has 1 heteroatoms. The summed E-state index contributed by atoms with van der Waals surface area (Å²) in [7, 11) is 0. The Morgan fingerprint density at radius 1 is 0.895 bits per heavy atom. The molecule has 0 bridgehead atoms. The van der Waals surface area contributed by atoms with E-state index in [-0.39, 0.29) is 0 Å². The molecule has 3 atom stereocenters. The third-order valence-electron chi connectivity index (χ3n) is 5.14. The Balaban J connectivity index is 1.70. The lowest BCUT2D eigenvalue weighted by Gasteiger charge is -2.28. The molecule has 1 nitrogen and oxygen atoms in total. The largest absolute Gasteiger partial charge is 0.313 e. The molecule has 1 aliphatic heterocycles. The Kier molecular flexibility index (Phi) is 2.81. The van der Waals surface area contributed by atoms with Crippen LogP contribution in [0.1, 0.15) is 37.2 Å². The van der Waals surface area contributed by atoms with E-state index in [1.54, 1.807) is 5.56 Å². The van der Waals surface area contributed by atoms with Crippen LogP contribution in [0.15, 0.2) is 42.5 Å². The first-order valence-electron chi connectivity index (χ1n) is 7.64. The second kappa shape index (κ2) is 4.64. The van der Waals surface area contributed by atoms with Gasteiger partial charge >= 0.3 is 0 Å². The van der Waals surface area contributed by atoms with E-state index >= 15 is 0 Å². The van der Waals surface area contributed by atoms with E-state index in [0.29, 0.717) is 0 Å². The lowest BCUT2D eigenvalue weighted by atomic mass is 9.77. The van der Waals surface area contributed by atoms with Crippen molar-refractivity contribution >= 4 is 10.8 Å². The highest BCUT2D eigenvalue weighted by atomic mass is 15.0. The van der Waals surface area contributed by atoms with Gasteiger partial charge < -0.3 is 5.32 Å². The van der Waals surface area contributed by atoms with Crippen LogP contribution in [0.25, 0.3) is 10.8 Å². The Hall–Kier alpha value is -1.34. The molecular weight excluding hydrogens is 230 g/mol. The lowest BCUT2D eigenvalue weighted by Crippen LogP contribution is -2.29. The molecule has 1 N–H and O–H groups in total. The summed E-state index contributed by atoms with van der Waals surface area (Å²) in [5.74, 6) is 1.60. The van der Waals surface area contributed by atoms with Gasteiger partial charge in [0.2, 0.25) is 0 Å². The van der Waals surface area contributed by atoms with E-state index in [9.17, 15) is 0 Å². The molecule has 0 unspecified atom stereocenters. The van der Waals surface area contributed by atoms with E-state index < -0.39 is 0 Å². The zero-order chi connectivity index (χ0) is 12.7. The fourth-order valence-electron chi connectivity index (χ4n) is 4.13. The average molecular weight is 251 g/mol. The molecule has 1 saturated carbocycles. The molecule has 0 aromatic heterocycles. The van der Waals surface area contributed by atoms with Gasteiger partial charge in [0.25, 0.3) is 0 Å². The molecule has 4 rings (SSSR count). The Bertz CT molecular complexity index is 589. The molecule has 1 saturated heterocycles. The molecule has 0 amide bonds. The summed E-state index contributed by atoms with van der Waals surface area (Å²) in [6.07, 6.45) is 5.63. The topological polar surface area (TPSA) is 12.0 Å². The van der Waals surface area contributed by atoms with E-state index in [0.717, 1.165) is 17.9 Å². The van der Waals surface area contributed by atoms with Gasteiger partial charge in [0.1, 0.15) is 0 Å². The third-order valence-corrected chi connectivity index (χ3v) is 5.14. The van der Waals surface area contributed by atoms with Crippen LogP contribution < -0.4 is 5.32 Å². The predicted octanol–water partition coefficient (Wildman–Crippen LogP) is 4.09. The van der Waals surface area contributed by atoms with Gasteiger partial charge in [-0.05, 0) is 35.1 Å². The average Bonchev–Trinajstić information content (AvgIpc) is 2.91. The second-order valence-electron chi connectivity index (χ2n) is 6.18. The number of fused-ring (bicyclic) bond motifs is 2. The van der Waals surface area contributed by atoms with Gasteiger partial charge in [-0.1, -0.05) is 55.3 Å². The molecule has 19 heavy (non-hydrogen) atoms. The fourth-order valence-corrected chi connectivity index (χ4v) is 4.13. The number of hydrogen-bond donors (Lipinski definition) is 1. The summed E-state index contributed by atoms with van der Waals surface area (Å²) in [5, 5.41) is 6.50. The highest BCUT2D eigenvalue weighted by Gasteiger charge is 2.37. The fraction of sp³-hybridized carbons (Fsp3) is 0.444. The minimum absolute atomic E-state index is 0.731. The summed E-state index contributed by atoms with van der Waals surface area (Å²) in [6, 6.07) is 16.5. The summed E-state index contributed by atoms with van der Waals surface area (Å²) in [6.45, 7) is 1.17. The van der Waals surface area contributed by atoms with E-state index in [2.05, 4.69) is 47.8 Å². The van der Waals surface area contributed by atoms with Crippen molar-refractivity contribution < 1.29 is 0 Å². The minimum Gasteiger partial charge on any atom is -0.313 e. The van der Waals surface area contributed by atoms with Crippen LogP contribution in [0.5, 0.6) is 0 Å². The number of rotatable bonds is 1. The van der Waals surface area contributed by atoms with Gasteiger partial charge in [-0.25, -0.2) is 0 Å². The van der Waals surface area contributed by atoms with Gasteiger partial charge in [0.15, 0.2) is 0 Å². The van der Waals surface area contributed by atoms with Crippen molar-refractivity contribution in [1.82, 2.24) is 5.32 Å². The van der Waals surface area contributed by atoms with E-state index in [1.165, 1.54) is 43.0 Å². The molecule has 0 radical (unpaired) electrons. The molecule has 98 valence electrons. The standard InChI is InChI=1S/C18H21N/c1-2-6-14-11-15(10-9-13(14)5-1)17-12-19-18-8-4-3-7-16(17)18/h1-2,5-6,9-11,16-19H,3-4,7-8,12H2/t16-,17-,18+/m0/s1. The van der Waals surface area contributed by atoms with Crippen molar-refractivity contribution in [2.75, 3.05) is 6.54 Å². The predicted molar refractivity (Wildman–Crippen MR) is 80.4 cm³/mol. The van der Waals surface area contributed by atoms with Crippen molar-refractivity contribution in [3.63, 3.8) is 0 Å². The lowest BCUT2D eigenvalue weighted by molar-refractivity contribution is 0.308. The third kappa shape index (κ3) is 1.97. The van der Waals surface area contributed by atoms with Crippen LogP contribution >= 0.6 is 0 Å². The summed E-state index contributed by atoms with van der Waals surface area (Å²) in [4.78, 5) is 0. The first-order valence-corrected chi connectivity index (χ1v) is 7.64. The molecule has 2 aliphatic rings. The van der Waals surface area contributed by atoms with Gasteiger partial charge in [0, 0.05) is 18.5 Å².